The fourth-order valence-corrected chi connectivity index (χ4v) is 1.24. The van der Waals surface area contributed by atoms with Crippen molar-refractivity contribution in [3.05, 3.63) is 18.2 Å². The van der Waals surface area contributed by atoms with Crippen LogP contribution in [0.15, 0.2) is 18.2 Å². The van der Waals surface area contributed by atoms with Gasteiger partial charge >= 0.3 is 0 Å². The van der Waals surface area contributed by atoms with Crippen LogP contribution >= 0.6 is 0 Å². The van der Waals surface area contributed by atoms with Crippen molar-refractivity contribution in [2.24, 2.45) is 7.05 Å². The van der Waals surface area contributed by atoms with E-state index in [1.54, 1.807) is 17.8 Å². The topological polar surface area (TPSA) is 59.8 Å². The standard InChI is InChI=1S/C8H8N4O/c1-12-7-4-2-3-6(9-5-13)8(7)10-11-12/h2-5H,1H3,(H,9,13). The van der Waals surface area contributed by atoms with E-state index >= 15 is 0 Å². The fraction of sp³-hybridized carbons (Fsp3) is 0.125. The highest BCUT2D eigenvalue weighted by atomic mass is 16.1. The van der Waals surface area contributed by atoms with E-state index in [0.717, 1.165) is 5.52 Å². The second kappa shape index (κ2) is 2.85. The number of hydrogen-bond acceptors (Lipinski definition) is 3. The summed E-state index contributed by atoms with van der Waals surface area (Å²) in [7, 11) is 1.81. The summed E-state index contributed by atoms with van der Waals surface area (Å²) in [5, 5.41) is 10.3. The molecule has 1 aromatic carbocycles. The van der Waals surface area contributed by atoms with Crippen LogP contribution in [0.4, 0.5) is 5.69 Å². The van der Waals surface area contributed by atoms with Gasteiger partial charge in [-0.2, -0.15) is 0 Å². The summed E-state index contributed by atoms with van der Waals surface area (Å²) < 4.78 is 1.66. The second-order valence-corrected chi connectivity index (χ2v) is 2.65. The first-order chi connectivity index (χ1) is 6.33. The maximum Gasteiger partial charge on any atom is 0.211 e. The van der Waals surface area contributed by atoms with Crippen LogP contribution in [0.25, 0.3) is 11.0 Å². The highest BCUT2D eigenvalue weighted by Gasteiger charge is 2.04. The highest BCUT2D eigenvalue weighted by Crippen LogP contribution is 2.18. The van der Waals surface area contributed by atoms with E-state index in [-0.39, 0.29) is 0 Å². The maximum atomic E-state index is 10.3. The Morgan fingerprint density at radius 3 is 3.15 bits per heavy atom. The Labute approximate surface area is 74.3 Å². The zero-order chi connectivity index (χ0) is 9.26. The van der Waals surface area contributed by atoms with E-state index in [9.17, 15) is 4.79 Å². The van der Waals surface area contributed by atoms with Gasteiger partial charge in [0.15, 0.2) is 0 Å². The Kier molecular flexibility index (Phi) is 1.70. The van der Waals surface area contributed by atoms with Crippen molar-refractivity contribution in [3.8, 4) is 0 Å². The molecule has 0 bridgehead atoms. The molecule has 2 aromatic rings. The molecular weight excluding hydrogens is 168 g/mol. The molecule has 13 heavy (non-hydrogen) atoms. The molecule has 0 radical (unpaired) electrons. The van der Waals surface area contributed by atoms with Gasteiger partial charge in [0, 0.05) is 7.05 Å². The number of benzene rings is 1. The molecule has 2 rings (SSSR count). The first kappa shape index (κ1) is 7.72. The Balaban J connectivity index is 2.69. The lowest BCUT2D eigenvalue weighted by Gasteiger charge is -1.97. The van der Waals surface area contributed by atoms with Gasteiger partial charge in [-0.25, -0.2) is 4.68 Å². The van der Waals surface area contributed by atoms with E-state index in [0.29, 0.717) is 17.6 Å². The molecule has 0 aliphatic carbocycles. The number of nitrogens with one attached hydrogen (secondary N) is 1. The zero-order valence-corrected chi connectivity index (χ0v) is 7.06. The molecule has 5 heteroatoms. The van der Waals surface area contributed by atoms with Crippen LogP contribution in [0.5, 0.6) is 0 Å². The van der Waals surface area contributed by atoms with Crippen LogP contribution in [0.3, 0.4) is 0 Å². The SMILES string of the molecule is Cn1nnc2c(NC=O)cccc21. The number of aryl methyl sites for hydroxylation is 1. The molecule has 1 heterocycles. The third kappa shape index (κ3) is 1.14. The van der Waals surface area contributed by atoms with Crippen LogP contribution < -0.4 is 5.32 Å². The number of aromatic nitrogens is 3. The van der Waals surface area contributed by atoms with Gasteiger partial charge in [0.2, 0.25) is 6.41 Å². The van der Waals surface area contributed by atoms with Crippen molar-refractivity contribution >= 4 is 23.1 Å². The van der Waals surface area contributed by atoms with Gasteiger partial charge in [-0.1, -0.05) is 11.3 Å². The van der Waals surface area contributed by atoms with Crippen molar-refractivity contribution in [2.45, 2.75) is 0 Å². The maximum absolute atomic E-state index is 10.3. The summed E-state index contributed by atoms with van der Waals surface area (Å²) in [6.07, 6.45) is 0.628. The molecule has 0 saturated heterocycles. The average Bonchev–Trinajstić information content (AvgIpc) is 2.50. The molecule has 0 atom stereocenters. The number of anilines is 1. The summed E-state index contributed by atoms with van der Waals surface area (Å²) in [6, 6.07) is 5.52. The normalized spacial score (nSPS) is 10.2. The third-order valence-electron chi connectivity index (χ3n) is 1.86. The van der Waals surface area contributed by atoms with Gasteiger partial charge in [-0.05, 0) is 12.1 Å². The number of carbonyl (C=O) groups excluding carboxylic acids is 1. The molecule has 0 aliphatic rings. The van der Waals surface area contributed by atoms with Crippen molar-refractivity contribution in [1.82, 2.24) is 15.0 Å². The Hall–Kier alpha value is -1.91. The highest BCUT2D eigenvalue weighted by molar-refractivity contribution is 5.92. The predicted molar refractivity (Wildman–Crippen MR) is 48.2 cm³/mol. The molecule has 0 unspecified atom stereocenters. The van der Waals surface area contributed by atoms with E-state index in [1.165, 1.54) is 0 Å². The van der Waals surface area contributed by atoms with Gasteiger partial charge < -0.3 is 5.32 Å². The largest absolute Gasteiger partial charge is 0.327 e. The number of hydrogen-bond donors (Lipinski definition) is 1. The number of fused-ring (bicyclic) bond motifs is 1. The molecule has 5 nitrogen and oxygen atoms in total. The molecule has 1 aromatic heterocycles. The van der Waals surface area contributed by atoms with Crippen molar-refractivity contribution in [2.75, 3.05) is 5.32 Å². The lowest BCUT2D eigenvalue weighted by Crippen LogP contribution is -1.94. The molecular formula is C8H8N4O. The molecule has 0 aliphatic heterocycles. The molecule has 66 valence electrons. The van der Waals surface area contributed by atoms with E-state index in [4.69, 9.17) is 0 Å². The molecule has 1 amide bonds. The summed E-state index contributed by atoms with van der Waals surface area (Å²) >= 11 is 0. The lowest BCUT2D eigenvalue weighted by molar-refractivity contribution is -0.105. The molecule has 0 spiro atoms. The van der Waals surface area contributed by atoms with Crippen molar-refractivity contribution in [3.63, 3.8) is 0 Å². The van der Waals surface area contributed by atoms with Crippen LogP contribution in [0.2, 0.25) is 0 Å². The molecule has 1 N–H and O–H groups in total. The van der Waals surface area contributed by atoms with E-state index in [2.05, 4.69) is 15.6 Å². The monoisotopic (exact) mass is 176 g/mol. The average molecular weight is 176 g/mol. The third-order valence-corrected chi connectivity index (χ3v) is 1.86. The summed E-state index contributed by atoms with van der Waals surface area (Å²) in [4.78, 5) is 10.3. The number of rotatable bonds is 2. The number of nitrogens with zero attached hydrogens (tertiary/aromatic N) is 3. The second-order valence-electron chi connectivity index (χ2n) is 2.65. The van der Waals surface area contributed by atoms with Crippen LogP contribution in [-0.2, 0) is 11.8 Å². The minimum atomic E-state index is 0.628. The van der Waals surface area contributed by atoms with Crippen molar-refractivity contribution in [1.29, 1.82) is 0 Å². The van der Waals surface area contributed by atoms with Gasteiger partial charge in [-0.3, -0.25) is 4.79 Å². The van der Waals surface area contributed by atoms with Gasteiger partial charge in [-0.15, -0.1) is 5.10 Å². The first-order valence-electron chi connectivity index (χ1n) is 3.81. The number of carbonyl (C=O) groups is 1. The molecule has 0 saturated carbocycles. The number of amides is 1. The van der Waals surface area contributed by atoms with Gasteiger partial charge in [0.25, 0.3) is 0 Å². The minimum absolute atomic E-state index is 0.628. The smallest absolute Gasteiger partial charge is 0.211 e. The summed E-state index contributed by atoms with van der Waals surface area (Å²) in [6.45, 7) is 0. The summed E-state index contributed by atoms with van der Waals surface area (Å²) in [5.41, 5.74) is 2.28. The Morgan fingerprint density at radius 2 is 2.38 bits per heavy atom. The summed E-state index contributed by atoms with van der Waals surface area (Å²) in [5.74, 6) is 0. The lowest BCUT2D eigenvalue weighted by atomic mass is 10.2. The van der Waals surface area contributed by atoms with Crippen molar-refractivity contribution < 1.29 is 4.79 Å². The van der Waals surface area contributed by atoms with Gasteiger partial charge in [0.05, 0.1) is 11.2 Å². The quantitative estimate of drug-likeness (QED) is 0.679. The van der Waals surface area contributed by atoms with Crippen LogP contribution in [0, 0.1) is 0 Å². The Bertz CT molecular complexity index is 448. The fourth-order valence-electron chi connectivity index (χ4n) is 1.24. The van der Waals surface area contributed by atoms with E-state index < -0.39 is 0 Å². The predicted octanol–water partition coefficient (Wildman–Crippen LogP) is 0.537. The van der Waals surface area contributed by atoms with Crippen LogP contribution in [-0.4, -0.2) is 21.4 Å². The molecule has 0 fully saturated rings. The van der Waals surface area contributed by atoms with Crippen LogP contribution in [0.1, 0.15) is 0 Å². The zero-order valence-electron chi connectivity index (χ0n) is 7.06. The first-order valence-corrected chi connectivity index (χ1v) is 3.81. The van der Waals surface area contributed by atoms with E-state index in [1.807, 2.05) is 12.1 Å². The minimum Gasteiger partial charge on any atom is -0.327 e. The Morgan fingerprint density at radius 1 is 1.54 bits per heavy atom. The van der Waals surface area contributed by atoms with Gasteiger partial charge in [0.1, 0.15) is 5.52 Å².